The number of aromatic amines is 1. The van der Waals surface area contributed by atoms with Gasteiger partial charge in [0.1, 0.15) is 12.4 Å². The molecule has 2 aromatic carbocycles. The normalized spacial score (nSPS) is 18.9. The number of nitrogens with zero attached hydrogens (tertiary/aromatic N) is 4. The maximum absolute atomic E-state index is 14.6. The van der Waals surface area contributed by atoms with Crippen molar-refractivity contribution >= 4 is 45.9 Å². The van der Waals surface area contributed by atoms with Crippen molar-refractivity contribution in [3.05, 3.63) is 58.5 Å². The van der Waals surface area contributed by atoms with E-state index in [-0.39, 0.29) is 29.3 Å². The molecule has 3 aromatic rings. The molecule has 1 spiro atoms. The van der Waals surface area contributed by atoms with E-state index < -0.39 is 11.2 Å². The third kappa shape index (κ3) is 3.48. The minimum absolute atomic E-state index is 0.0813. The molecule has 1 N–H and O–H groups in total. The van der Waals surface area contributed by atoms with Crippen LogP contribution in [-0.2, 0) is 15.0 Å². The van der Waals surface area contributed by atoms with E-state index in [0.717, 1.165) is 23.7 Å². The summed E-state index contributed by atoms with van der Waals surface area (Å²) in [7, 11) is 0. The lowest BCUT2D eigenvalue weighted by atomic mass is 9.73. The fourth-order valence-electron chi connectivity index (χ4n) is 5.87. The van der Waals surface area contributed by atoms with Crippen molar-refractivity contribution in [3.63, 3.8) is 0 Å². The number of carbonyl (C=O) groups excluding carboxylic acids is 3. The van der Waals surface area contributed by atoms with E-state index in [2.05, 4.69) is 10.2 Å². The van der Waals surface area contributed by atoms with Crippen molar-refractivity contribution in [2.24, 2.45) is 0 Å². The highest BCUT2D eigenvalue weighted by molar-refractivity contribution is 6.33. The third-order valence-electron chi connectivity index (χ3n) is 7.84. The largest absolute Gasteiger partial charge is 0.341 e. The summed E-state index contributed by atoms with van der Waals surface area (Å²) in [4.78, 5) is 45.0. The molecule has 0 bridgehead atoms. The van der Waals surface area contributed by atoms with Gasteiger partial charge in [-0.2, -0.15) is 5.10 Å². The standard InChI is InChI=1S/C26H25ClFN5O3/c27-23-18(28)4-6-20-22(23)26(25(36)33(20)15-21(34)31-9-1-2-10-31)7-11-32(12-8-26)24(35)16-3-5-19-17(13-16)14-29-30-19/h3-6,13-14H,1-2,7-12,15H2,(H,29,30). The van der Waals surface area contributed by atoms with Crippen molar-refractivity contribution in [1.82, 2.24) is 20.0 Å². The molecule has 6 rings (SSSR count). The summed E-state index contributed by atoms with van der Waals surface area (Å²) in [6.45, 7) is 1.90. The molecule has 0 radical (unpaired) electrons. The topological polar surface area (TPSA) is 89.6 Å². The second-order valence-corrected chi connectivity index (χ2v) is 10.2. The number of halogens is 2. The number of carbonyl (C=O) groups is 3. The van der Waals surface area contributed by atoms with Gasteiger partial charge < -0.3 is 14.7 Å². The lowest BCUT2D eigenvalue weighted by Gasteiger charge is -2.38. The number of benzene rings is 2. The quantitative estimate of drug-likeness (QED) is 0.585. The number of H-pyrrole nitrogens is 1. The van der Waals surface area contributed by atoms with Gasteiger partial charge in [-0.1, -0.05) is 11.6 Å². The SMILES string of the molecule is O=C(CN1C(=O)C2(CCN(C(=O)c3ccc4[nH]ncc4c3)CC2)c2c1ccc(F)c2Cl)N1CCCC1. The molecule has 2 saturated heterocycles. The fraction of sp³-hybridized carbons (Fsp3) is 0.385. The molecule has 3 aliphatic rings. The average molecular weight is 510 g/mol. The fourth-order valence-corrected chi connectivity index (χ4v) is 6.21. The Balaban J connectivity index is 1.27. The average Bonchev–Trinajstić information content (AvgIpc) is 3.63. The number of hydrogen-bond donors (Lipinski definition) is 1. The number of piperidine rings is 1. The van der Waals surface area contributed by atoms with Crippen LogP contribution in [0.15, 0.2) is 36.5 Å². The van der Waals surface area contributed by atoms with Gasteiger partial charge in [-0.25, -0.2) is 4.39 Å². The van der Waals surface area contributed by atoms with Crippen molar-refractivity contribution in [3.8, 4) is 0 Å². The molecule has 186 valence electrons. The van der Waals surface area contributed by atoms with Crippen LogP contribution in [0, 0.1) is 5.82 Å². The predicted octanol–water partition coefficient (Wildman–Crippen LogP) is 3.50. The van der Waals surface area contributed by atoms with Crippen molar-refractivity contribution in [2.75, 3.05) is 37.6 Å². The number of nitrogens with one attached hydrogen (secondary N) is 1. The Labute approximate surface area is 212 Å². The van der Waals surface area contributed by atoms with Crippen molar-refractivity contribution in [2.45, 2.75) is 31.1 Å². The van der Waals surface area contributed by atoms with Crippen LogP contribution in [0.3, 0.4) is 0 Å². The Morgan fingerprint density at radius 2 is 1.81 bits per heavy atom. The summed E-state index contributed by atoms with van der Waals surface area (Å²) in [5, 5.41) is 7.63. The minimum Gasteiger partial charge on any atom is -0.341 e. The molecule has 36 heavy (non-hydrogen) atoms. The molecule has 0 aliphatic carbocycles. The number of aromatic nitrogens is 2. The first kappa shape index (κ1) is 23.0. The zero-order valence-corrected chi connectivity index (χ0v) is 20.4. The first-order valence-corrected chi connectivity index (χ1v) is 12.6. The van der Waals surface area contributed by atoms with Gasteiger partial charge in [0, 0.05) is 42.7 Å². The molecule has 2 fully saturated rings. The van der Waals surface area contributed by atoms with Crippen LogP contribution in [-0.4, -0.2) is 70.4 Å². The van der Waals surface area contributed by atoms with E-state index in [1.165, 1.54) is 17.0 Å². The molecule has 10 heteroatoms. The van der Waals surface area contributed by atoms with Gasteiger partial charge in [0.25, 0.3) is 5.91 Å². The van der Waals surface area contributed by atoms with Crippen LogP contribution in [0.25, 0.3) is 10.9 Å². The molecule has 0 unspecified atom stereocenters. The van der Waals surface area contributed by atoms with E-state index >= 15 is 0 Å². The Kier molecular flexibility index (Phi) is 5.48. The van der Waals surface area contributed by atoms with E-state index in [0.29, 0.717) is 55.8 Å². The van der Waals surface area contributed by atoms with Gasteiger partial charge in [0.05, 0.1) is 27.8 Å². The number of hydrogen-bond acceptors (Lipinski definition) is 4. The summed E-state index contributed by atoms with van der Waals surface area (Å²) in [6.07, 6.45) is 4.18. The molecule has 8 nitrogen and oxygen atoms in total. The number of anilines is 1. The Hall–Kier alpha value is -3.46. The third-order valence-corrected chi connectivity index (χ3v) is 8.21. The van der Waals surface area contributed by atoms with E-state index in [4.69, 9.17) is 11.6 Å². The van der Waals surface area contributed by atoms with Gasteiger partial charge in [0.2, 0.25) is 11.8 Å². The highest BCUT2D eigenvalue weighted by Crippen LogP contribution is 2.51. The van der Waals surface area contributed by atoms with Crippen LogP contribution in [0.5, 0.6) is 0 Å². The molecule has 3 aliphatic heterocycles. The maximum atomic E-state index is 14.6. The lowest BCUT2D eigenvalue weighted by molar-refractivity contribution is -0.131. The van der Waals surface area contributed by atoms with Gasteiger partial charge in [0.15, 0.2) is 0 Å². The number of likely N-dealkylation sites (tertiary alicyclic amines) is 2. The summed E-state index contributed by atoms with van der Waals surface area (Å²) in [5.41, 5.74) is 1.25. The van der Waals surface area contributed by atoms with Gasteiger partial charge in [-0.15, -0.1) is 0 Å². The summed E-state index contributed by atoms with van der Waals surface area (Å²) in [5.74, 6) is -1.09. The van der Waals surface area contributed by atoms with E-state index in [1.54, 1.807) is 28.1 Å². The second kappa shape index (κ2) is 8.58. The van der Waals surface area contributed by atoms with Crippen LogP contribution in [0.1, 0.15) is 41.6 Å². The monoisotopic (exact) mass is 509 g/mol. The van der Waals surface area contributed by atoms with Crippen LogP contribution in [0.2, 0.25) is 5.02 Å². The van der Waals surface area contributed by atoms with Crippen LogP contribution in [0.4, 0.5) is 10.1 Å². The molecular weight excluding hydrogens is 485 g/mol. The predicted molar refractivity (Wildman–Crippen MR) is 132 cm³/mol. The Morgan fingerprint density at radius 3 is 2.56 bits per heavy atom. The van der Waals surface area contributed by atoms with Gasteiger partial charge in [-0.05, 0) is 56.0 Å². The first-order valence-electron chi connectivity index (χ1n) is 12.2. The molecule has 1 aromatic heterocycles. The lowest BCUT2D eigenvalue weighted by Crippen LogP contribution is -2.51. The Morgan fingerprint density at radius 1 is 1.06 bits per heavy atom. The van der Waals surface area contributed by atoms with Gasteiger partial charge >= 0.3 is 0 Å². The summed E-state index contributed by atoms with van der Waals surface area (Å²) in [6, 6.07) is 8.14. The molecule has 3 amide bonds. The second-order valence-electron chi connectivity index (χ2n) is 9.78. The number of fused-ring (bicyclic) bond motifs is 3. The molecule has 4 heterocycles. The van der Waals surface area contributed by atoms with Gasteiger partial charge in [-0.3, -0.25) is 19.5 Å². The molecule has 0 atom stereocenters. The summed E-state index contributed by atoms with van der Waals surface area (Å²) >= 11 is 6.46. The van der Waals surface area contributed by atoms with Crippen LogP contribution < -0.4 is 4.90 Å². The number of amides is 3. The van der Waals surface area contributed by atoms with Crippen molar-refractivity contribution < 1.29 is 18.8 Å². The molecule has 0 saturated carbocycles. The van der Waals surface area contributed by atoms with Crippen molar-refractivity contribution in [1.29, 1.82) is 0 Å². The highest BCUT2D eigenvalue weighted by Gasteiger charge is 2.54. The highest BCUT2D eigenvalue weighted by atomic mass is 35.5. The van der Waals surface area contributed by atoms with E-state index in [9.17, 15) is 18.8 Å². The number of rotatable bonds is 3. The zero-order chi connectivity index (χ0) is 25.0. The zero-order valence-electron chi connectivity index (χ0n) is 19.6. The first-order chi connectivity index (χ1) is 17.4. The minimum atomic E-state index is -1.06. The van der Waals surface area contributed by atoms with E-state index in [1.807, 2.05) is 6.07 Å². The maximum Gasteiger partial charge on any atom is 0.253 e. The molecular formula is C26H25ClFN5O3. The summed E-state index contributed by atoms with van der Waals surface area (Å²) < 4.78 is 14.6. The smallest absolute Gasteiger partial charge is 0.253 e. The van der Waals surface area contributed by atoms with Crippen LogP contribution >= 0.6 is 11.6 Å². The Bertz CT molecular complexity index is 1390.